The van der Waals surface area contributed by atoms with Crippen molar-refractivity contribution in [2.45, 2.75) is 33.4 Å². The smallest absolute Gasteiger partial charge is 0.162 e. The molecule has 0 saturated heterocycles. The number of benzene rings is 2. The second kappa shape index (κ2) is 7.14. The van der Waals surface area contributed by atoms with E-state index in [1.165, 1.54) is 11.1 Å². The highest BCUT2D eigenvalue weighted by Crippen LogP contribution is 2.30. The van der Waals surface area contributed by atoms with Crippen LogP contribution in [0.5, 0.6) is 11.5 Å². The maximum Gasteiger partial charge on any atom is 0.162 e. The van der Waals surface area contributed by atoms with Gasteiger partial charge in [-0.15, -0.1) is 0 Å². The summed E-state index contributed by atoms with van der Waals surface area (Å²) in [5, 5.41) is 13.6. The molecule has 0 aliphatic rings. The monoisotopic (exact) mass is 285 g/mol. The molecule has 0 aliphatic carbocycles. The van der Waals surface area contributed by atoms with Crippen molar-refractivity contribution >= 4 is 0 Å². The number of phenols is 1. The highest BCUT2D eigenvalue weighted by Gasteiger charge is 2.10. The fourth-order valence-corrected chi connectivity index (χ4v) is 2.22. The predicted octanol–water partition coefficient (Wildman–Crippen LogP) is 3.95. The lowest BCUT2D eigenvalue weighted by atomic mass is 10.1. The van der Waals surface area contributed by atoms with E-state index in [1.54, 1.807) is 6.07 Å². The van der Waals surface area contributed by atoms with Gasteiger partial charge in [0.05, 0.1) is 6.61 Å². The second-order valence-electron chi connectivity index (χ2n) is 5.21. The Morgan fingerprint density at radius 1 is 1.14 bits per heavy atom. The largest absolute Gasteiger partial charge is 0.504 e. The molecule has 0 fully saturated rings. The molecule has 0 aliphatic heterocycles. The summed E-state index contributed by atoms with van der Waals surface area (Å²) in [5.74, 6) is 0.766. The Morgan fingerprint density at radius 2 is 1.86 bits per heavy atom. The van der Waals surface area contributed by atoms with Crippen LogP contribution >= 0.6 is 0 Å². The van der Waals surface area contributed by atoms with Crippen molar-refractivity contribution in [1.29, 1.82) is 0 Å². The first-order valence-corrected chi connectivity index (χ1v) is 7.35. The Morgan fingerprint density at radius 3 is 2.52 bits per heavy atom. The van der Waals surface area contributed by atoms with Crippen molar-refractivity contribution in [3.05, 3.63) is 59.2 Å². The standard InChI is InChI=1S/C18H23NO2/c1-4-21-17-7-5-6-16(18(17)20)12-19-14(3)15-10-8-13(2)9-11-15/h5-11,14,19-20H,4,12H2,1-3H3. The first kappa shape index (κ1) is 15.4. The van der Waals surface area contributed by atoms with Gasteiger partial charge >= 0.3 is 0 Å². The van der Waals surface area contributed by atoms with Crippen molar-refractivity contribution in [2.75, 3.05) is 6.61 Å². The van der Waals surface area contributed by atoms with Crippen molar-refractivity contribution in [3.8, 4) is 11.5 Å². The Bertz CT molecular complexity index is 578. The number of ether oxygens (including phenoxy) is 1. The van der Waals surface area contributed by atoms with Gasteiger partial charge in [-0.05, 0) is 32.4 Å². The van der Waals surface area contributed by atoms with Crippen LogP contribution in [0.2, 0.25) is 0 Å². The van der Waals surface area contributed by atoms with E-state index in [0.717, 1.165) is 5.56 Å². The minimum atomic E-state index is 0.223. The summed E-state index contributed by atoms with van der Waals surface area (Å²) in [6, 6.07) is 14.3. The first-order valence-electron chi connectivity index (χ1n) is 7.35. The van der Waals surface area contributed by atoms with Gasteiger partial charge in [0.2, 0.25) is 0 Å². The molecule has 2 N–H and O–H groups in total. The molecule has 2 rings (SSSR count). The van der Waals surface area contributed by atoms with E-state index in [1.807, 2.05) is 19.1 Å². The van der Waals surface area contributed by atoms with Crippen LogP contribution in [0.15, 0.2) is 42.5 Å². The molecule has 112 valence electrons. The summed E-state index contributed by atoms with van der Waals surface area (Å²) < 4.78 is 5.40. The third-order valence-electron chi connectivity index (χ3n) is 3.56. The summed E-state index contributed by atoms with van der Waals surface area (Å²) in [7, 11) is 0. The van der Waals surface area contributed by atoms with Gasteiger partial charge in [-0.3, -0.25) is 0 Å². The zero-order valence-corrected chi connectivity index (χ0v) is 12.9. The van der Waals surface area contributed by atoms with Crippen LogP contribution in [0.3, 0.4) is 0 Å². The second-order valence-corrected chi connectivity index (χ2v) is 5.21. The van der Waals surface area contributed by atoms with Crippen LogP contribution in [0.25, 0.3) is 0 Å². The average Bonchev–Trinajstić information content (AvgIpc) is 2.49. The van der Waals surface area contributed by atoms with E-state index in [2.05, 4.69) is 43.4 Å². The van der Waals surface area contributed by atoms with Gasteiger partial charge in [-0.2, -0.15) is 0 Å². The van der Waals surface area contributed by atoms with E-state index < -0.39 is 0 Å². The number of hydrogen-bond acceptors (Lipinski definition) is 3. The van der Waals surface area contributed by atoms with Gasteiger partial charge in [0, 0.05) is 18.2 Å². The van der Waals surface area contributed by atoms with Crippen LogP contribution in [0.4, 0.5) is 0 Å². The summed E-state index contributed by atoms with van der Waals surface area (Å²) in [5.41, 5.74) is 3.34. The van der Waals surface area contributed by atoms with Gasteiger partial charge in [0.15, 0.2) is 11.5 Å². The molecular weight excluding hydrogens is 262 g/mol. The van der Waals surface area contributed by atoms with E-state index in [0.29, 0.717) is 18.9 Å². The zero-order chi connectivity index (χ0) is 15.2. The van der Waals surface area contributed by atoms with E-state index in [9.17, 15) is 5.11 Å². The fraction of sp³-hybridized carbons (Fsp3) is 0.333. The average molecular weight is 285 g/mol. The summed E-state index contributed by atoms with van der Waals surface area (Å²) in [6.07, 6.45) is 0. The molecule has 1 unspecified atom stereocenters. The number of para-hydroxylation sites is 1. The number of phenolic OH excluding ortho intramolecular Hbond substituents is 1. The lowest BCUT2D eigenvalue weighted by Gasteiger charge is -2.16. The molecule has 0 saturated carbocycles. The van der Waals surface area contributed by atoms with Crippen molar-refractivity contribution in [1.82, 2.24) is 5.32 Å². The molecular formula is C18H23NO2. The van der Waals surface area contributed by atoms with Crippen LogP contribution in [-0.2, 0) is 6.54 Å². The molecule has 0 bridgehead atoms. The van der Waals surface area contributed by atoms with E-state index in [4.69, 9.17) is 4.74 Å². The summed E-state index contributed by atoms with van der Waals surface area (Å²) in [6.45, 7) is 7.25. The maximum atomic E-state index is 10.2. The van der Waals surface area contributed by atoms with Crippen LogP contribution in [0, 0.1) is 6.92 Å². The maximum absolute atomic E-state index is 10.2. The fourth-order valence-electron chi connectivity index (χ4n) is 2.22. The molecule has 0 spiro atoms. The Balaban J connectivity index is 2.02. The molecule has 0 aromatic heterocycles. The van der Waals surface area contributed by atoms with Crippen LogP contribution in [-0.4, -0.2) is 11.7 Å². The first-order chi connectivity index (χ1) is 10.1. The number of nitrogens with one attached hydrogen (secondary N) is 1. The quantitative estimate of drug-likeness (QED) is 0.844. The molecule has 3 nitrogen and oxygen atoms in total. The van der Waals surface area contributed by atoms with E-state index in [-0.39, 0.29) is 11.8 Å². The van der Waals surface area contributed by atoms with Gasteiger partial charge in [-0.25, -0.2) is 0 Å². The number of rotatable bonds is 6. The third kappa shape index (κ3) is 3.99. The topological polar surface area (TPSA) is 41.5 Å². The highest BCUT2D eigenvalue weighted by molar-refractivity contribution is 5.45. The summed E-state index contributed by atoms with van der Waals surface area (Å²) >= 11 is 0. The van der Waals surface area contributed by atoms with Gasteiger partial charge in [0.1, 0.15) is 0 Å². The van der Waals surface area contributed by atoms with Gasteiger partial charge in [-0.1, -0.05) is 42.0 Å². The molecule has 2 aromatic rings. The molecule has 2 aromatic carbocycles. The zero-order valence-electron chi connectivity index (χ0n) is 12.9. The van der Waals surface area contributed by atoms with Crippen molar-refractivity contribution in [3.63, 3.8) is 0 Å². The number of hydrogen-bond donors (Lipinski definition) is 2. The number of aryl methyl sites for hydroxylation is 1. The predicted molar refractivity (Wildman–Crippen MR) is 85.7 cm³/mol. The minimum Gasteiger partial charge on any atom is -0.504 e. The SMILES string of the molecule is CCOc1cccc(CNC(C)c2ccc(C)cc2)c1O. The lowest BCUT2D eigenvalue weighted by molar-refractivity contribution is 0.316. The molecule has 1 atom stereocenters. The van der Waals surface area contributed by atoms with Gasteiger partial charge < -0.3 is 15.2 Å². The molecule has 21 heavy (non-hydrogen) atoms. The third-order valence-corrected chi connectivity index (χ3v) is 3.56. The lowest BCUT2D eigenvalue weighted by Crippen LogP contribution is -2.18. The molecule has 3 heteroatoms. The normalized spacial score (nSPS) is 12.1. The molecule has 0 heterocycles. The highest BCUT2D eigenvalue weighted by atomic mass is 16.5. The number of aromatic hydroxyl groups is 1. The Hall–Kier alpha value is -2.00. The van der Waals surface area contributed by atoms with Gasteiger partial charge in [0.25, 0.3) is 0 Å². The molecule has 0 amide bonds. The van der Waals surface area contributed by atoms with Crippen LogP contribution < -0.4 is 10.1 Å². The van der Waals surface area contributed by atoms with Crippen molar-refractivity contribution < 1.29 is 9.84 Å². The Labute approximate surface area is 126 Å². The minimum absolute atomic E-state index is 0.223. The molecule has 0 radical (unpaired) electrons. The van der Waals surface area contributed by atoms with Crippen molar-refractivity contribution in [2.24, 2.45) is 0 Å². The van der Waals surface area contributed by atoms with E-state index >= 15 is 0 Å². The van der Waals surface area contributed by atoms with Crippen LogP contribution in [0.1, 0.15) is 36.6 Å². The Kier molecular flexibility index (Phi) is 5.23. The summed E-state index contributed by atoms with van der Waals surface area (Å²) in [4.78, 5) is 0.